The van der Waals surface area contributed by atoms with E-state index in [1.807, 2.05) is 36.0 Å². The van der Waals surface area contributed by atoms with Gasteiger partial charge in [0, 0.05) is 29.5 Å². The van der Waals surface area contributed by atoms with E-state index in [9.17, 15) is 4.79 Å². The van der Waals surface area contributed by atoms with E-state index >= 15 is 0 Å². The highest BCUT2D eigenvalue weighted by Crippen LogP contribution is 2.23. The molecule has 1 aliphatic heterocycles. The number of anilines is 1. The summed E-state index contributed by atoms with van der Waals surface area (Å²) in [5.41, 5.74) is 7.61. The summed E-state index contributed by atoms with van der Waals surface area (Å²) in [5.74, 6) is 3.38. The van der Waals surface area contributed by atoms with E-state index in [1.54, 1.807) is 11.8 Å². The van der Waals surface area contributed by atoms with Crippen LogP contribution in [0.15, 0.2) is 24.3 Å². The molecule has 1 aromatic carbocycles. The lowest BCUT2D eigenvalue weighted by Gasteiger charge is -2.20. The summed E-state index contributed by atoms with van der Waals surface area (Å²) in [7, 11) is 0. The third-order valence-corrected chi connectivity index (χ3v) is 5.56. The number of nitrogen functional groups attached to an aromatic ring is 1. The topological polar surface area (TPSA) is 55.1 Å². The average molecular weight is 319 g/mol. The molecular formula is C13H19ClN2OS2. The molecule has 3 N–H and O–H groups in total. The fourth-order valence-electron chi connectivity index (χ4n) is 1.77. The van der Waals surface area contributed by atoms with Gasteiger partial charge >= 0.3 is 0 Å². The monoisotopic (exact) mass is 318 g/mol. The maximum absolute atomic E-state index is 11.9. The predicted octanol–water partition coefficient (Wildman–Crippen LogP) is 2.20. The molecule has 1 amide bonds. The Labute approximate surface area is 128 Å². The van der Waals surface area contributed by atoms with E-state index < -0.39 is 0 Å². The van der Waals surface area contributed by atoms with Crippen LogP contribution >= 0.6 is 35.9 Å². The molecule has 0 spiro atoms. The Morgan fingerprint density at radius 1 is 1.32 bits per heavy atom. The van der Waals surface area contributed by atoms with Crippen LogP contribution in [-0.2, 0) is 11.2 Å². The zero-order valence-corrected chi connectivity index (χ0v) is 13.1. The SMILES string of the molecule is Cl.Nc1ccc(CCNC(=O)C2CSCCS2)cc1. The first-order valence-corrected chi connectivity index (χ1v) is 8.27. The van der Waals surface area contributed by atoms with Gasteiger partial charge in [-0.2, -0.15) is 11.8 Å². The van der Waals surface area contributed by atoms with E-state index in [1.165, 1.54) is 11.3 Å². The molecule has 0 saturated carbocycles. The quantitative estimate of drug-likeness (QED) is 0.836. The van der Waals surface area contributed by atoms with Gasteiger partial charge in [-0.3, -0.25) is 4.79 Å². The standard InChI is InChI=1S/C13H18N2OS2.ClH/c14-11-3-1-10(2-4-11)5-6-15-13(16)12-9-17-7-8-18-12;/h1-4,12H,5-9,14H2,(H,15,16);1H. The van der Waals surface area contributed by atoms with Gasteiger partial charge in [-0.1, -0.05) is 12.1 Å². The van der Waals surface area contributed by atoms with Crippen molar-refractivity contribution in [2.24, 2.45) is 0 Å². The van der Waals surface area contributed by atoms with Gasteiger partial charge < -0.3 is 11.1 Å². The molecule has 1 heterocycles. The Bertz CT molecular complexity index is 394. The van der Waals surface area contributed by atoms with Crippen LogP contribution in [0.5, 0.6) is 0 Å². The Hall–Kier alpha value is -0.520. The van der Waals surface area contributed by atoms with Crippen molar-refractivity contribution in [3.8, 4) is 0 Å². The second-order valence-corrected chi connectivity index (χ2v) is 6.68. The molecule has 1 fully saturated rings. The smallest absolute Gasteiger partial charge is 0.233 e. The summed E-state index contributed by atoms with van der Waals surface area (Å²) in [6, 6.07) is 7.80. The minimum absolute atomic E-state index is 0. The van der Waals surface area contributed by atoms with E-state index in [0.717, 1.165) is 23.6 Å². The zero-order chi connectivity index (χ0) is 12.8. The third-order valence-electron chi connectivity index (χ3n) is 2.80. The van der Waals surface area contributed by atoms with Crippen LogP contribution in [0.4, 0.5) is 5.69 Å². The summed E-state index contributed by atoms with van der Waals surface area (Å²) in [6.07, 6.45) is 0.858. The molecule has 19 heavy (non-hydrogen) atoms. The van der Waals surface area contributed by atoms with Crippen LogP contribution in [0.2, 0.25) is 0 Å². The van der Waals surface area contributed by atoms with E-state index in [0.29, 0.717) is 6.54 Å². The molecule has 3 nitrogen and oxygen atoms in total. The molecule has 2 rings (SSSR count). The molecule has 106 valence electrons. The number of hydrogen-bond donors (Lipinski definition) is 2. The molecule has 1 unspecified atom stereocenters. The highest BCUT2D eigenvalue weighted by molar-refractivity contribution is 8.07. The van der Waals surface area contributed by atoms with Crippen molar-refractivity contribution in [1.82, 2.24) is 5.32 Å². The van der Waals surface area contributed by atoms with E-state index in [2.05, 4.69) is 5.32 Å². The van der Waals surface area contributed by atoms with E-state index in [4.69, 9.17) is 5.73 Å². The first kappa shape index (κ1) is 16.5. The number of amides is 1. The zero-order valence-electron chi connectivity index (χ0n) is 10.6. The van der Waals surface area contributed by atoms with Gasteiger partial charge in [0.2, 0.25) is 5.91 Å². The molecular weight excluding hydrogens is 300 g/mol. The second kappa shape index (κ2) is 8.61. The Kier molecular flexibility index (Phi) is 7.49. The van der Waals surface area contributed by atoms with Crippen molar-refractivity contribution in [3.05, 3.63) is 29.8 Å². The normalized spacial score (nSPS) is 18.4. The molecule has 1 saturated heterocycles. The van der Waals surface area contributed by atoms with Gasteiger partial charge in [-0.15, -0.1) is 24.2 Å². The molecule has 0 aromatic heterocycles. The fourth-order valence-corrected chi connectivity index (χ4v) is 4.35. The number of thioether (sulfide) groups is 2. The largest absolute Gasteiger partial charge is 0.399 e. The summed E-state index contributed by atoms with van der Waals surface area (Å²) in [6.45, 7) is 0.699. The van der Waals surface area contributed by atoms with Gasteiger partial charge in [0.15, 0.2) is 0 Å². The van der Waals surface area contributed by atoms with Crippen molar-refractivity contribution in [2.75, 3.05) is 29.5 Å². The van der Waals surface area contributed by atoms with Crippen LogP contribution < -0.4 is 11.1 Å². The second-order valence-electron chi connectivity index (χ2n) is 4.22. The lowest BCUT2D eigenvalue weighted by Crippen LogP contribution is -2.37. The lowest BCUT2D eigenvalue weighted by atomic mass is 10.1. The number of halogens is 1. The minimum Gasteiger partial charge on any atom is -0.399 e. The number of carbonyl (C=O) groups excluding carboxylic acids is 1. The average Bonchev–Trinajstić information content (AvgIpc) is 2.42. The van der Waals surface area contributed by atoms with Crippen LogP contribution in [0.25, 0.3) is 0 Å². The summed E-state index contributed by atoms with van der Waals surface area (Å²) in [5, 5.41) is 3.15. The van der Waals surface area contributed by atoms with Gasteiger partial charge in [0.25, 0.3) is 0 Å². The number of rotatable bonds is 4. The molecule has 1 aliphatic rings. The minimum atomic E-state index is 0. The lowest BCUT2D eigenvalue weighted by molar-refractivity contribution is -0.120. The number of carbonyl (C=O) groups is 1. The maximum Gasteiger partial charge on any atom is 0.233 e. The highest BCUT2D eigenvalue weighted by atomic mass is 35.5. The van der Waals surface area contributed by atoms with Crippen molar-refractivity contribution in [1.29, 1.82) is 0 Å². The number of nitrogens with two attached hydrogens (primary N) is 1. The van der Waals surface area contributed by atoms with Crippen LogP contribution in [0.1, 0.15) is 5.56 Å². The van der Waals surface area contributed by atoms with Crippen molar-refractivity contribution in [2.45, 2.75) is 11.7 Å². The van der Waals surface area contributed by atoms with Crippen LogP contribution in [0.3, 0.4) is 0 Å². The van der Waals surface area contributed by atoms with Crippen LogP contribution in [0, 0.1) is 0 Å². The van der Waals surface area contributed by atoms with Crippen molar-refractivity contribution in [3.63, 3.8) is 0 Å². The first-order chi connectivity index (χ1) is 8.75. The highest BCUT2D eigenvalue weighted by Gasteiger charge is 2.21. The summed E-state index contributed by atoms with van der Waals surface area (Å²) >= 11 is 3.64. The third kappa shape index (κ3) is 5.55. The molecule has 0 aliphatic carbocycles. The van der Waals surface area contributed by atoms with Crippen molar-refractivity contribution < 1.29 is 4.79 Å². The van der Waals surface area contributed by atoms with Crippen LogP contribution in [-0.4, -0.2) is 35.0 Å². The summed E-state index contributed by atoms with van der Waals surface area (Å²) in [4.78, 5) is 11.9. The fraction of sp³-hybridized carbons (Fsp3) is 0.462. The molecule has 6 heteroatoms. The number of nitrogens with one attached hydrogen (secondary N) is 1. The van der Waals surface area contributed by atoms with Gasteiger partial charge in [-0.05, 0) is 24.1 Å². The van der Waals surface area contributed by atoms with Gasteiger partial charge in [0.05, 0.1) is 5.25 Å². The van der Waals surface area contributed by atoms with Gasteiger partial charge in [-0.25, -0.2) is 0 Å². The molecule has 0 radical (unpaired) electrons. The number of benzene rings is 1. The summed E-state index contributed by atoms with van der Waals surface area (Å²) < 4.78 is 0. The molecule has 0 bridgehead atoms. The van der Waals surface area contributed by atoms with E-state index in [-0.39, 0.29) is 23.6 Å². The first-order valence-electron chi connectivity index (χ1n) is 6.07. The number of hydrogen-bond acceptors (Lipinski definition) is 4. The molecule has 1 aromatic rings. The van der Waals surface area contributed by atoms with Gasteiger partial charge in [0.1, 0.15) is 0 Å². The Balaban J connectivity index is 0.00000180. The Morgan fingerprint density at radius 3 is 2.68 bits per heavy atom. The maximum atomic E-state index is 11.9. The Morgan fingerprint density at radius 2 is 2.05 bits per heavy atom. The van der Waals surface area contributed by atoms with Crippen molar-refractivity contribution >= 4 is 47.5 Å². The molecule has 1 atom stereocenters. The predicted molar refractivity (Wildman–Crippen MR) is 88.4 cm³/mol.